The summed E-state index contributed by atoms with van der Waals surface area (Å²) in [5.41, 5.74) is 5.39. The standard InChI is InChI=1S/C25H24ClFN6O2/c1-5-33-23-15-9-21(25(28-11-15)29-14(3)34)35-13(2)19-10-17(27)6-7-18(19)22-16(12-32(4)30-22)8-20(23)24(26)31-33/h6-7,9-13H,5,8H2,1-4H3,(H,28,29,34). The summed E-state index contributed by atoms with van der Waals surface area (Å²) in [6.45, 7) is 5.81. The molecular formula is C25H24ClFN6O2. The number of carbonyl (C=O) groups excluding carboxylic acids is 1. The number of benzene rings is 1. The van der Waals surface area contributed by atoms with Gasteiger partial charge in [-0.2, -0.15) is 10.2 Å². The second-order valence-corrected chi connectivity index (χ2v) is 8.89. The van der Waals surface area contributed by atoms with Crippen LogP contribution in [0.5, 0.6) is 5.75 Å². The average molecular weight is 495 g/mol. The fraction of sp³-hybridized carbons (Fsp3) is 0.280. The van der Waals surface area contributed by atoms with Gasteiger partial charge in [-0.3, -0.25) is 14.2 Å². The topological polar surface area (TPSA) is 86.9 Å². The van der Waals surface area contributed by atoms with Crippen LogP contribution >= 0.6 is 11.6 Å². The van der Waals surface area contributed by atoms with Crippen LogP contribution in [-0.4, -0.2) is 30.5 Å². The van der Waals surface area contributed by atoms with Gasteiger partial charge in [0.2, 0.25) is 5.91 Å². The minimum absolute atomic E-state index is 0.275. The maximum atomic E-state index is 14.4. The van der Waals surface area contributed by atoms with Crippen LogP contribution < -0.4 is 10.1 Å². The third kappa shape index (κ3) is 4.16. The molecule has 0 saturated heterocycles. The maximum absolute atomic E-state index is 14.4. The molecule has 3 aromatic heterocycles. The number of amides is 1. The van der Waals surface area contributed by atoms with Gasteiger partial charge in [-0.05, 0) is 38.1 Å². The van der Waals surface area contributed by atoms with E-state index in [9.17, 15) is 9.18 Å². The van der Waals surface area contributed by atoms with Crippen molar-refractivity contribution < 1.29 is 13.9 Å². The van der Waals surface area contributed by atoms with E-state index in [-0.39, 0.29) is 17.5 Å². The molecule has 10 heteroatoms. The van der Waals surface area contributed by atoms with Crippen molar-refractivity contribution in [3.05, 3.63) is 64.3 Å². The van der Waals surface area contributed by atoms with Gasteiger partial charge < -0.3 is 10.1 Å². The molecule has 1 unspecified atom stereocenters. The Hall–Kier alpha value is -3.72. The van der Waals surface area contributed by atoms with Crippen LogP contribution in [-0.2, 0) is 24.8 Å². The lowest BCUT2D eigenvalue weighted by molar-refractivity contribution is -0.114. The van der Waals surface area contributed by atoms with Gasteiger partial charge in [-0.25, -0.2) is 9.37 Å². The SMILES string of the molecule is CCn1nc(Cl)c2c1-c1cnc(NC(C)=O)c(c1)OC(C)c1cc(F)ccc1-c1nn(C)cc1C2. The summed E-state index contributed by atoms with van der Waals surface area (Å²) in [6.07, 6.45) is 3.49. The average Bonchev–Trinajstić information content (AvgIpc) is 3.33. The number of nitrogens with one attached hydrogen (secondary N) is 1. The minimum atomic E-state index is -0.571. The Morgan fingerprint density at radius 1 is 1.31 bits per heavy atom. The third-order valence-corrected chi connectivity index (χ3v) is 6.31. The number of pyridine rings is 1. The van der Waals surface area contributed by atoms with Gasteiger partial charge in [0.05, 0.1) is 11.4 Å². The van der Waals surface area contributed by atoms with Gasteiger partial charge in [-0.15, -0.1) is 0 Å². The molecule has 1 aliphatic rings. The number of hydrogen-bond donors (Lipinski definition) is 1. The van der Waals surface area contributed by atoms with Crippen molar-refractivity contribution in [3.8, 4) is 28.3 Å². The molecule has 0 radical (unpaired) electrons. The molecule has 4 aromatic rings. The molecule has 5 rings (SSSR count). The highest BCUT2D eigenvalue weighted by Gasteiger charge is 2.26. The molecule has 0 aliphatic carbocycles. The Kier molecular flexibility index (Phi) is 5.80. The van der Waals surface area contributed by atoms with Crippen LogP contribution in [0.3, 0.4) is 0 Å². The van der Waals surface area contributed by atoms with E-state index >= 15 is 0 Å². The van der Waals surface area contributed by atoms with E-state index in [1.165, 1.54) is 19.1 Å². The summed E-state index contributed by atoms with van der Waals surface area (Å²) in [4.78, 5) is 16.3. The molecule has 4 heterocycles. The van der Waals surface area contributed by atoms with Crippen molar-refractivity contribution >= 4 is 23.3 Å². The summed E-state index contributed by atoms with van der Waals surface area (Å²) < 4.78 is 24.3. The predicted octanol–water partition coefficient (Wildman–Crippen LogP) is 5.16. The van der Waals surface area contributed by atoms with Gasteiger partial charge in [0.1, 0.15) is 11.9 Å². The zero-order valence-corrected chi connectivity index (χ0v) is 20.5. The van der Waals surface area contributed by atoms with Crippen LogP contribution in [0.25, 0.3) is 22.5 Å². The Morgan fingerprint density at radius 2 is 2.11 bits per heavy atom. The van der Waals surface area contributed by atoms with E-state index in [0.717, 1.165) is 27.9 Å². The van der Waals surface area contributed by atoms with Gasteiger partial charge in [-0.1, -0.05) is 11.6 Å². The Bertz CT molecular complexity index is 1460. The summed E-state index contributed by atoms with van der Waals surface area (Å²) in [7, 11) is 1.85. The molecule has 180 valence electrons. The minimum Gasteiger partial charge on any atom is -0.482 e. The lowest BCUT2D eigenvalue weighted by Gasteiger charge is -2.21. The molecule has 1 N–H and O–H groups in total. The number of carbonyl (C=O) groups is 1. The van der Waals surface area contributed by atoms with Crippen LogP contribution in [0.4, 0.5) is 10.2 Å². The second-order valence-electron chi connectivity index (χ2n) is 8.53. The number of halogens is 2. The highest BCUT2D eigenvalue weighted by Crippen LogP contribution is 2.40. The van der Waals surface area contributed by atoms with Crippen LogP contribution in [0, 0.1) is 5.82 Å². The van der Waals surface area contributed by atoms with Crippen LogP contribution in [0.2, 0.25) is 5.15 Å². The molecule has 1 amide bonds. The van der Waals surface area contributed by atoms with Crippen LogP contribution in [0.1, 0.15) is 43.6 Å². The molecule has 1 aromatic carbocycles. The van der Waals surface area contributed by atoms with E-state index in [2.05, 4.69) is 15.4 Å². The van der Waals surface area contributed by atoms with Gasteiger partial charge in [0.25, 0.3) is 0 Å². The predicted molar refractivity (Wildman–Crippen MR) is 131 cm³/mol. The first-order chi connectivity index (χ1) is 16.7. The molecule has 1 aliphatic heterocycles. The van der Waals surface area contributed by atoms with Gasteiger partial charge in [0.15, 0.2) is 16.7 Å². The van der Waals surface area contributed by atoms with Crippen molar-refractivity contribution in [3.63, 3.8) is 0 Å². The highest BCUT2D eigenvalue weighted by molar-refractivity contribution is 6.30. The molecule has 0 spiro atoms. The number of aryl methyl sites for hydroxylation is 2. The summed E-state index contributed by atoms with van der Waals surface area (Å²) in [6, 6.07) is 6.38. The first kappa shape index (κ1) is 23.0. The van der Waals surface area contributed by atoms with Crippen molar-refractivity contribution in [1.29, 1.82) is 0 Å². The third-order valence-electron chi connectivity index (χ3n) is 6.00. The number of anilines is 1. The molecule has 35 heavy (non-hydrogen) atoms. The van der Waals surface area contributed by atoms with E-state index in [4.69, 9.17) is 21.4 Å². The van der Waals surface area contributed by atoms with Crippen molar-refractivity contribution in [2.24, 2.45) is 7.05 Å². The molecule has 0 saturated carbocycles. The normalized spacial score (nSPS) is 14.6. The lowest BCUT2D eigenvalue weighted by atomic mass is 9.94. The summed E-state index contributed by atoms with van der Waals surface area (Å²) >= 11 is 6.65. The molecule has 8 nitrogen and oxygen atoms in total. The smallest absolute Gasteiger partial charge is 0.222 e. The zero-order chi connectivity index (χ0) is 24.9. The molecule has 1 atom stereocenters. The number of aromatic nitrogens is 5. The number of fused-ring (bicyclic) bond motifs is 7. The summed E-state index contributed by atoms with van der Waals surface area (Å²) in [5.74, 6) is -0.0342. The largest absolute Gasteiger partial charge is 0.482 e. The van der Waals surface area contributed by atoms with E-state index < -0.39 is 6.10 Å². The Morgan fingerprint density at radius 3 is 2.86 bits per heavy atom. The highest BCUT2D eigenvalue weighted by atomic mass is 35.5. The van der Waals surface area contributed by atoms with Crippen LogP contribution in [0.15, 0.2) is 36.7 Å². The molecule has 0 fully saturated rings. The fourth-order valence-electron chi connectivity index (χ4n) is 4.53. The maximum Gasteiger partial charge on any atom is 0.222 e. The first-order valence-electron chi connectivity index (χ1n) is 11.3. The first-order valence-corrected chi connectivity index (χ1v) is 11.6. The Balaban J connectivity index is 1.82. The van der Waals surface area contributed by atoms with E-state index in [1.54, 1.807) is 16.9 Å². The van der Waals surface area contributed by atoms with Gasteiger partial charge in [0, 0.05) is 67.1 Å². The number of rotatable bonds is 2. The lowest BCUT2D eigenvalue weighted by Crippen LogP contribution is -2.13. The monoisotopic (exact) mass is 494 g/mol. The fourth-order valence-corrected chi connectivity index (χ4v) is 4.77. The van der Waals surface area contributed by atoms with Gasteiger partial charge >= 0.3 is 0 Å². The number of ether oxygens (including phenoxy) is 1. The quantitative estimate of drug-likeness (QED) is 0.416. The molecular weight excluding hydrogens is 471 g/mol. The van der Waals surface area contributed by atoms with Crippen molar-refractivity contribution in [2.75, 3.05) is 5.32 Å². The Labute approximate surface area is 206 Å². The summed E-state index contributed by atoms with van der Waals surface area (Å²) in [5, 5.41) is 12.3. The number of nitrogens with zero attached hydrogens (tertiary/aromatic N) is 5. The second kappa shape index (κ2) is 8.81. The van der Waals surface area contributed by atoms with E-state index in [1.807, 2.05) is 37.8 Å². The van der Waals surface area contributed by atoms with E-state index in [0.29, 0.717) is 35.1 Å². The zero-order valence-electron chi connectivity index (χ0n) is 19.8. The number of hydrogen-bond acceptors (Lipinski definition) is 5. The van der Waals surface area contributed by atoms with Crippen molar-refractivity contribution in [1.82, 2.24) is 24.5 Å². The molecule has 2 bridgehead atoms. The van der Waals surface area contributed by atoms with Crippen molar-refractivity contribution in [2.45, 2.75) is 39.8 Å².